The third-order valence-electron chi connectivity index (χ3n) is 2.20. The summed E-state index contributed by atoms with van der Waals surface area (Å²) in [5.41, 5.74) is -0.183. The Kier molecular flexibility index (Phi) is 3.72. The Morgan fingerprint density at radius 2 is 2.21 bits per heavy atom. The Labute approximate surface area is 107 Å². The number of para-hydroxylation sites is 2. The van der Waals surface area contributed by atoms with Crippen LogP contribution in [0.5, 0.6) is 5.75 Å². The first-order valence-corrected chi connectivity index (χ1v) is 5.32. The number of hydrogen-bond donors (Lipinski definition) is 2. The summed E-state index contributed by atoms with van der Waals surface area (Å²) in [6.45, 7) is -0.329. The second kappa shape index (κ2) is 5.63. The van der Waals surface area contributed by atoms with Gasteiger partial charge in [-0.15, -0.1) is 0 Å². The first-order valence-electron chi connectivity index (χ1n) is 5.32. The second-order valence-corrected chi connectivity index (χ2v) is 3.53. The van der Waals surface area contributed by atoms with E-state index in [1.807, 2.05) is 0 Å². The summed E-state index contributed by atoms with van der Waals surface area (Å²) in [5.74, 6) is 0.0332. The van der Waals surface area contributed by atoms with Crippen molar-refractivity contribution in [3.05, 3.63) is 46.6 Å². The van der Waals surface area contributed by atoms with Crippen molar-refractivity contribution < 1.29 is 14.5 Å². The lowest BCUT2D eigenvalue weighted by molar-refractivity contribution is -0.385. The molecule has 0 unspecified atom stereocenters. The maximum Gasteiger partial charge on any atom is 0.310 e. The molecule has 0 aliphatic heterocycles. The van der Waals surface area contributed by atoms with Crippen LogP contribution in [0.15, 0.2) is 36.5 Å². The van der Waals surface area contributed by atoms with E-state index in [1.54, 1.807) is 12.1 Å². The van der Waals surface area contributed by atoms with Crippen molar-refractivity contribution in [2.24, 2.45) is 0 Å². The fourth-order valence-corrected chi connectivity index (χ4v) is 1.39. The van der Waals surface area contributed by atoms with Crippen LogP contribution in [0.2, 0.25) is 0 Å². The molecule has 0 aliphatic carbocycles. The molecule has 0 saturated carbocycles. The molecule has 0 radical (unpaired) electrons. The van der Waals surface area contributed by atoms with Crippen LogP contribution < -0.4 is 10.1 Å². The van der Waals surface area contributed by atoms with Gasteiger partial charge in [-0.05, 0) is 6.07 Å². The highest BCUT2D eigenvalue weighted by molar-refractivity contribution is 5.90. The van der Waals surface area contributed by atoms with E-state index in [2.05, 4.69) is 15.5 Å². The number of ether oxygens (including phenoxy) is 1. The maximum absolute atomic E-state index is 11.5. The molecule has 0 spiro atoms. The molecule has 1 aromatic heterocycles. The van der Waals surface area contributed by atoms with E-state index in [1.165, 1.54) is 24.4 Å². The number of aromatic amines is 1. The zero-order valence-electron chi connectivity index (χ0n) is 9.70. The highest BCUT2D eigenvalue weighted by Crippen LogP contribution is 2.25. The van der Waals surface area contributed by atoms with Crippen molar-refractivity contribution in [1.82, 2.24) is 10.2 Å². The van der Waals surface area contributed by atoms with E-state index >= 15 is 0 Å². The third kappa shape index (κ3) is 3.28. The summed E-state index contributed by atoms with van der Waals surface area (Å²) >= 11 is 0. The number of carbonyl (C=O) groups is 1. The van der Waals surface area contributed by atoms with Gasteiger partial charge < -0.3 is 10.1 Å². The Morgan fingerprint density at radius 1 is 1.42 bits per heavy atom. The lowest BCUT2D eigenvalue weighted by Crippen LogP contribution is -2.20. The molecule has 2 N–H and O–H groups in total. The number of hydrogen-bond acceptors (Lipinski definition) is 5. The number of benzene rings is 1. The summed E-state index contributed by atoms with van der Waals surface area (Å²) in [6.07, 6.45) is 1.48. The summed E-state index contributed by atoms with van der Waals surface area (Å²) in [4.78, 5) is 21.7. The molecule has 2 aromatic rings. The van der Waals surface area contributed by atoms with Crippen LogP contribution in [0, 0.1) is 10.1 Å². The third-order valence-corrected chi connectivity index (χ3v) is 2.20. The fraction of sp³-hybridized carbons (Fsp3) is 0.0909. The molecule has 0 fully saturated rings. The van der Waals surface area contributed by atoms with E-state index in [0.717, 1.165) is 0 Å². The van der Waals surface area contributed by atoms with Gasteiger partial charge in [-0.2, -0.15) is 5.10 Å². The van der Waals surface area contributed by atoms with Gasteiger partial charge in [0, 0.05) is 12.1 Å². The van der Waals surface area contributed by atoms with Crippen molar-refractivity contribution >= 4 is 17.4 Å². The number of aromatic nitrogens is 2. The average Bonchev–Trinajstić information content (AvgIpc) is 2.89. The molecular formula is C11H10N4O4. The van der Waals surface area contributed by atoms with E-state index < -0.39 is 10.8 Å². The van der Waals surface area contributed by atoms with Crippen LogP contribution in [-0.4, -0.2) is 27.6 Å². The molecule has 8 nitrogen and oxygen atoms in total. The number of nitro groups is 1. The highest BCUT2D eigenvalue weighted by Gasteiger charge is 2.14. The fourth-order valence-electron chi connectivity index (χ4n) is 1.39. The topological polar surface area (TPSA) is 110 Å². The highest BCUT2D eigenvalue weighted by atomic mass is 16.6. The van der Waals surface area contributed by atoms with Gasteiger partial charge in [0.2, 0.25) is 0 Å². The monoisotopic (exact) mass is 262 g/mol. The second-order valence-electron chi connectivity index (χ2n) is 3.53. The minimum absolute atomic E-state index is 0.0484. The molecule has 98 valence electrons. The first-order chi connectivity index (χ1) is 9.16. The average molecular weight is 262 g/mol. The Hall–Kier alpha value is -2.90. The number of H-pyrrole nitrogens is 1. The lowest BCUT2D eigenvalue weighted by Gasteiger charge is -2.06. The van der Waals surface area contributed by atoms with Gasteiger partial charge in [-0.3, -0.25) is 20.0 Å². The molecule has 8 heteroatoms. The van der Waals surface area contributed by atoms with Crippen LogP contribution in [0.3, 0.4) is 0 Å². The number of nitrogens with one attached hydrogen (secondary N) is 2. The molecule has 0 atom stereocenters. The maximum atomic E-state index is 11.5. The zero-order chi connectivity index (χ0) is 13.7. The van der Waals surface area contributed by atoms with Crippen molar-refractivity contribution in [2.45, 2.75) is 0 Å². The minimum atomic E-state index is -0.567. The number of nitro benzene ring substituents is 1. The molecule has 19 heavy (non-hydrogen) atoms. The number of nitrogens with zero attached hydrogens (tertiary/aromatic N) is 2. The van der Waals surface area contributed by atoms with Crippen LogP contribution in [0.1, 0.15) is 0 Å². The Morgan fingerprint density at radius 3 is 2.89 bits per heavy atom. The summed E-state index contributed by atoms with van der Waals surface area (Å²) in [7, 11) is 0. The largest absolute Gasteiger partial charge is 0.477 e. The van der Waals surface area contributed by atoms with Crippen LogP contribution in [0.4, 0.5) is 11.5 Å². The standard InChI is InChI=1S/C11H10N4O4/c16-11(13-10-5-6-12-14-10)7-19-9-4-2-1-3-8(9)15(17)18/h1-6H,7H2,(H2,12,13,14,16). The summed E-state index contributed by atoms with van der Waals surface area (Å²) in [5, 5.41) is 19.4. The van der Waals surface area contributed by atoms with Crippen LogP contribution in [0.25, 0.3) is 0 Å². The van der Waals surface area contributed by atoms with Gasteiger partial charge in [0.1, 0.15) is 5.82 Å². The van der Waals surface area contributed by atoms with Crippen molar-refractivity contribution in [1.29, 1.82) is 0 Å². The summed E-state index contributed by atoms with van der Waals surface area (Å²) in [6, 6.07) is 7.43. The number of carbonyl (C=O) groups excluding carboxylic acids is 1. The minimum Gasteiger partial charge on any atom is -0.477 e. The van der Waals surface area contributed by atoms with Gasteiger partial charge >= 0.3 is 5.69 Å². The molecule has 0 saturated heterocycles. The molecule has 1 aromatic carbocycles. The Bertz CT molecular complexity index is 582. The number of rotatable bonds is 5. The molecular weight excluding hydrogens is 252 g/mol. The molecule has 1 heterocycles. The summed E-state index contributed by atoms with van der Waals surface area (Å²) < 4.78 is 5.12. The predicted molar refractivity (Wildman–Crippen MR) is 65.8 cm³/mol. The predicted octanol–water partition coefficient (Wildman–Crippen LogP) is 1.34. The van der Waals surface area contributed by atoms with E-state index in [-0.39, 0.29) is 18.0 Å². The smallest absolute Gasteiger partial charge is 0.310 e. The van der Waals surface area contributed by atoms with Gasteiger partial charge in [0.15, 0.2) is 12.4 Å². The SMILES string of the molecule is O=C(COc1ccccc1[N+](=O)[O-])Nc1ccn[nH]1. The Balaban J connectivity index is 1.95. The first kappa shape index (κ1) is 12.6. The van der Waals surface area contributed by atoms with Crippen LogP contribution >= 0.6 is 0 Å². The van der Waals surface area contributed by atoms with Gasteiger partial charge in [0.05, 0.1) is 11.1 Å². The van der Waals surface area contributed by atoms with E-state index in [0.29, 0.717) is 5.82 Å². The van der Waals surface area contributed by atoms with Crippen molar-refractivity contribution in [3.63, 3.8) is 0 Å². The van der Waals surface area contributed by atoms with E-state index in [9.17, 15) is 14.9 Å². The molecule has 0 aliphatic rings. The molecule has 1 amide bonds. The normalized spacial score (nSPS) is 9.89. The van der Waals surface area contributed by atoms with Gasteiger partial charge in [-0.1, -0.05) is 12.1 Å². The molecule has 0 bridgehead atoms. The lowest BCUT2D eigenvalue weighted by atomic mass is 10.3. The van der Waals surface area contributed by atoms with Crippen molar-refractivity contribution in [2.75, 3.05) is 11.9 Å². The van der Waals surface area contributed by atoms with Gasteiger partial charge in [-0.25, -0.2) is 0 Å². The van der Waals surface area contributed by atoms with Crippen LogP contribution in [-0.2, 0) is 4.79 Å². The van der Waals surface area contributed by atoms with Crippen molar-refractivity contribution in [3.8, 4) is 5.75 Å². The van der Waals surface area contributed by atoms with E-state index in [4.69, 9.17) is 4.74 Å². The van der Waals surface area contributed by atoms with Gasteiger partial charge in [0.25, 0.3) is 5.91 Å². The zero-order valence-corrected chi connectivity index (χ0v) is 9.70. The number of anilines is 1. The molecule has 2 rings (SSSR count). The quantitative estimate of drug-likeness (QED) is 0.624. The number of amides is 1.